The van der Waals surface area contributed by atoms with Crippen LogP contribution in [0.1, 0.15) is 11.1 Å². The van der Waals surface area contributed by atoms with Crippen LogP contribution in [0.5, 0.6) is 23.0 Å². The highest BCUT2D eigenvalue weighted by Gasteiger charge is 2.16. The molecular formula is C41H34N2O4. The lowest BCUT2D eigenvalue weighted by Gasteiger charge is -2.11. The lowest BCUT2D eigenvalue weighted by atomic mass is 10.0. The van der Waals surface area contributed by atoms with E-state index in [0.29, 0.717) is 0 Å². The molecule has 8 rings (SSSR count). The van der Waals surface area contributed by atoms with Gasteiger partial charge in [0.25, 0.3) is 0 Å². The second kappa shape index (κ2) is 11.5. The smallest absolute Gasteiger partial charge is 0.119 e. The van der Waals surface area contributed by atoms with Crippen molar-refractivity contribution in [3.8, 4) is 34.4 Å². The average molecular weight is 619 g/mol. The zero-order valence-corrected chi connectivity index (χ0v) is 26.8. The van der Waals surface area contributed by atoms with Crippen molar-refractivity contribution in [2.45, 2.75) is 6.42 Å². The number of hydrogen-bond donors (Lipinski definition) is 0. The van der Waals surface area contributed by atoms with Crippen molar-refractivity contribution in [3.63, 3.8) is 0 Å². The summed E-state index contributed by atoms with van der Waals surface area (Å²) < 4.78 is 26.8. The Balaban J connectivity index is 1.12. The maximum atomic E-state index is 5.55. The van der Waals surface area contributed by atoms with Gasteiger partial charge in [0.1, 0.15) is 23.0 Å². The van der Waals surface area contributed by atoms with Crippen molar-refractivity contribution in [2.75, 3.05) is 28.4 Å². The molecule has 8 aromatic rings. The number of ether oxygens (including phenoxy) is 4. The van der Waals surface area contributed by atoms with Crippen LogP contribution in [-0.4, -0.2) is 37.6 Å². The van der Waals surface area contributed by atoms with Crippen LogP contribution in [-0.2, 0) is 6.42 Å². The molecule has 0 unspecified atom stereocenters. The Morgan fingerprint density at radius 2 is 0.638 bits per heavy atom. The normalized spacial score (nSPS) is 11.5. The van der Waals surface area contributed by atoms with Gasteiger partial charge in [-0.1, -0.05) is 24.3 Å². The quantitative estimate of drug-likeness (QED) is 0.170. The minimum Gasteiger partial charge on any atom is -0.497 e. The Bertz CT molecular complexity index is 2120. The van der Waals surface area contributed by atoms with Crippen LogP contribution >= 0.6 is 0 Å². The van der Waals surface area contributed by atoms with Crippen LogP contribution in [0.2, 0.25) is 0 Å². The summed E-state index contributed by atoms with van der Waals surface area (Å²) in [6, 6.07) is 42.7. The molecule has 0 saturated carbocycles. The van der Waals surface area contributed by atoms with E-state index in [1.165, 1.54) is 11.1 Å². The highest BCUT2D eigenvalue weighted by atomic mass is 16.5. The molecular weight excluding hydrogens is 584 g/mol. The van der Waals surface area contributed by atoms with E-state index in [0.717, 1.165) is 84.4 Å². The Morgan fingerprint density at radius 1 is 0.362 bits per heavy atom. The summed E-state index contributed by atoms with van der Waals surface area (Å²) in [4.78, 5) is 0. The summed E-state index contributed by atoms with van der Waals surface area (Å²) in [6.45, 7) is 0. The predicted octanol–water partition coefficient (Wildman–Crippen LogP) is 9.51. The highest BCUT2D eigenvalue weighted by molar-refractivity contribution is 6.11. The molecule has 0 aliphatic carbocycles. The van der Waals surface area contributed by atoms with Gasteiger partial charge in [0, 0.05) is 32.9 Å². The Morgan fingerprint density at radius 3 is 0.894 bits per heavy atom. The van der Waals surface area contributed by atoms with Crippen molar-refractivity contribution < 1.29 is 18.9 Å². The molecule has 2 heterocycles. The summed E-state index contributed by atoms with van der Waals surface area (Å²) in [5.41, 5.74) is 9.22. The second-order valence-corrected chi connectivity index (χ2v) is 11.7. The number of hydrogen-bond acceptors (Lipinski definition) is 4. The molecule has 0 aliphatic rings. The molecule has 6 heteroatoms. The molecule has 232 valence electrons. The average Bonchev–Trinajstić information content (AvgIpc) is 3.63. The first-order valence-corrected chi connectivity index (χ1v) is 15.6. The van der Waals surface area contributed by atoms with Gasteiger partial charge in [-0.3, -0.25) is 0 Å². The largest absolute Gasteiger partial charge is 0.497 e. The van der Waals surface area contributed by atoms with Crippen molar-refractivity contribution in [1.82, 2.24) is 9.13 Å². The van der Waals surface area contributed by atoms with Gasteiger partial charge in [-0.25, -0.2) is 0 Å². The topological polar surface area (TPSA) is 46.8 Å². The van der Waals surface area contributed by atoms with Crippen molar-refractivity contribution in [2.24, 2.45) is 0 Å². The minimum atomic E-state index is 0.833. The lowest BCUT2D eigenvalue weighted by molar-refractivity contribution is 0.415. The van der Waals surface area contributed by atoms with Crippen LogP contribution in [0, 0.1) is 0 Å². The van der Waals surface area contributed by atoms with Gasteiger partial charge in [-0.15, -0.1) is 0 Å². The molecule has 0 bridgehead atoms. The number of nitrogens with zero attached hydrogens (tertiary/aromatic N) is 2. The molecule has 6 nitrogen and oxygen atoms in total. The van der Waals surface area contributed by atoms with Crippen molar-refractivity contribution in [3.05, 3.63) is 132 Å². The van der Waals surface area contributed by atoms with Gasteiger partial charge in [0.05, 0.1) is 50.5 Å². The lowest BCUT2D eigenvalue weighted by Crippen LogP contribution is -1.96. The zero-order chi connectivity index (χ0) is 32.1. The van der Waals surface area contributed by atoms with Gasteiger partial charge in [0.15, 0.2) is 0 Å². The molecule has 2 aromatic heterocycles. The molecule has 0 spiro atoms. The summed E-state index contributed by atoms with van der Waals surface area (Å²) in [5.74, 6) is 3.33. The van der Waals surface area contributed by atoms with Crippen molar-refractivity contribution >= 4 is 43.6 Å². The molecule has 0 N–H and O–H groups in total. The summed E-state index contributed by atoms with van der Waals surface area (Å²) in [6.07, 6.45) is 0.837. The highest BCUT2D eigenvalue weighted by Crippen LogP contribution is 2.38. The third kappa shape index (κ3) is 4.81. The van der Waals surface area contributed by atoms with Gasteiger partial charge < -0.3 is 28.1 Å². The van der Waals surface area contributed by atoms with E-state index in [4.69, 9.17) is 18.9 Å². The predicted molar refractivity (Wildman–Crippen MR) is 191 cm³/mol. The van der Waals surface area contributed by atoms with Gasteiger partial charge >= 0.3 is 0 Å². The number of aromatic nitrogens is 2. The first kappa shape index (κ1) is 28.6. The summed E-state index contributed by atoms with van der Waals surface area (Å²) >= 11 is 0. The fourth-order valence-corrected chi connectivity index (χ4v) is 6.79. The van der Waals surface area contributed by atoms with E-state index in [2.05, 4.69) is 106 Å². The first-order valence-electron chi connectivity index (χ1n) is 15.6. The SMILES string of the molecule is COc1ccc2c(c1)c1cc(OC)ccc1n2-c1ccc(Cc2ccc(-n3c4ccc(OC)cc4c4cc(OC)ccc43)cc2)cc1. The molecule has 0 fully saturated rings. The molecule has 0 radical (unpaired) electrons. The molecule has 0 aliphatic heterocycles. The molecule has 0 atom stereocenters. The van der Waals surface area contributed by atoms with E-state index in [9.17, 15) is 0 Å². The van der Waals surface area contributed by atoms with E-state index < -0.39 is 0 Å². The Labute approximate surface area is 272 Å². The van der Waals surface area contributed by atoms with E-state index >= 15 is 0 Å². The second-order valence-electron chi connectivity index (χ2n) is 11.7. The van der Waals surface area contributed by atoms with E-state index in [1.807, 2.05) is 24.3 Å². The van der Waals surface area contributed by atoms with Crippen LogP contribution in [0.25, 0.3) is 55.0 Å². The number of rotatable bonds is 8. The molecule has 47 heavy (non-hydrogen) atoms. The van der Waals surface area contributed by atoms with Crippen LogP contribution in [0.15, 0.2) is 121 Å². The molecule has 6 aromatic carbocycles. The number of fused-ring (bicyclic) bond motifs is 6. The number of benzene rings is 6. The molecule has 0 amide bonds. The van der Waals surface area contributed by atoms with Gasteiger partial charge in [-0.05, 0) is 115 Å². The minimum absolute atomic E-state index is 0.833. The van der Waals surface area contributed by atoms with E-state index in [1.54, 1.807) is 28.4 Å². The van der Waals surface area contributed by atoms with Gasteiger partial charge in [0.2, 0.25) is 0 Å². The maximum absolute atomic E-state index is 5.55. The Hall–Kier alpha value is -5.88. The standard InChI is InChI=1S/C41H34N2O4/c1-44-30-13-17-38-34(22-30)35-23-31(45-2)14-18-39(35)42(38)28-9-5-26(6-10-28)21-27-7-11-29(12-8-27)43-40-19-15-32(46-3)24-36(40)37-25-33(47-4)16-20-41(37)43/h5-20,22-25H,21H2,1-4H3. The summed E-state index contributed by atoms with van der Waals surface area (Å²) in [5, 5.41) is 4.51. The maximum Gasteiger partial charge on any atom is 0.119 e. The zero-order valence-electron chi connectivity index (χ0n) is 26.8. The van der Waals surface area contributed by atoms with Crippen LogP contribution in [0.4, 0.5) is 0 Å². The monoisotopic (exact) mass is 618 g/mol. The fourth-order valence-electron chi connectivity index (χ4n) is 6.79. The third-order valence-corrected chi connectivity index (χ3v) is 9.16. The molecule has 0 saturated heterocycles. The van der Waals surface area contributed by atoms with Gasteiger partial charge in [-0.2, -0.15) is 0 Å². The number of methoxy groups -OCH3 is 4. The first-order chi connectivity index (χ1) is 23.1. The van der Waals surface area contributed by atoms with Crippen LogP contribution in [0.3, 0.4) is 0 Å². The fraction of sp³-hybridized carbons (Fsp3) is 0.122. The van der Waals surface area contributed by atoms with Crippen molar-refractivity contribution in [1.29, 1.82) is 0 Å². The third-order valence-electron chi connectivity index (χ3n) is 9.16. The summed E-state index contributed by atoms with van der Waals surface area (Å²) in [7, 11) is 6.81. The Kier molecular flexibility index (Phi) is 6.98. The van der Waals surface area contributed by atoms with E-state index in [-0.39, 0.29) is 0 Å². The van der Waals surface area contributed by atoms with Crippen LogP contribution < -0.4 is 18.9 Å².